The Labute approximate surface area is 116 Å². The van der Waals surface area contributed by atoms with Crippen molar-refractivity contribution in [2.45, 2.75) is 6.92 Å². The fraction of sp³-hybridized carbons (Fsp3) is 0.286. The Balaban J connectivity index is 2.47. The number of methoxy groups -OCH3 is 2. The van der Waals surface area contributed by atoms with E-state index in [-0.39, 0.29) is 23.2 Å². The molecule has 6 nitrogen and oxygen atoms in total. The van der Waals surface area contributed by atoms with Crippen LogP contribution in [0.4, 0.5) is 0 Å². The number of benzene rings is 1. The molecule has 1 aromatic rings. The van der Waals surface area contributed by atoms with Crippen molar-refractivity contribution in [1.29, 1.82) is 0 Å². The van der Waals surface area contributed by atoms with Crippen molar-refractivity contribution in [3.63, 3.8) is 0 Å². The zero-order chi connectivity index (χ0) is 14.9. The van der Waals surface area contributed by atoms with Crippen LogP contribution in [0.5, 0.6) is 17.2 Å². The number of phenols is 1. The summed E-state index contributed by atoms with van der Waals surface area (Å²) in [4.78, 5) is 17.6. The lowest BCUT2D eigenvalue weighted by Crippen LogP contribution is -2.25. The Hall–Kier alpha value is -2.50. The van der Waals surface area contributed by atoms with Crippen LogP contribution in [-0.4, -0.2) is 43.0 Å². The maximum Gasteiger partial charge on any atom is 0.277 e. The Morgan fingerprint density at radius 2 is 1.80 bits per heavy atom. The SMILES string of the molecule is COc1cc(C=C2N=C(C)N(C)C2=O)cc(OC)c1O. The van der Waals surface area contributed by atoms with Gasteiger partial charge in [-0.05, 0) is 30.7 Å². The van der Waals surface area contributed by atoms with Crippen LogP contribution in [-0.2, 0) is 4.79 Å². The Morgan fingerprint density at radius 3 is 2.20 bits per heavy atom. The van der Waals surface area contributed by atoms with Gasteiger partial charge >= 0.3 is 0 Å². The normalized spacial score (nSPS) is 16.6. The van der Waals surface area contributed by atoms with Crippen molar-refractivity contribution < 1.29 is 19.4 Å². The molecule has 1 amide bonds. The van der Waals surface area contributed by atoms with E-state index in [1.807, 2.05) is 0 Å². The molecule has 1 aromatic carbocycles. The highest BCUT2D eigenvalue weighted by Gasteiger charge is 2.24. The quantitative estimate of drug-likeness (QED) is 0.852. The molecule has 1 aliphatic rings. The summed E-state index contributed by atoms with van der Waals surface area (Å²) in [7, 11) is 4.56. The topological polar surface area (TPSA) is 71.4 Å². The molecule has 0 saturated carbocycles. The van der Waals surface area contributed by atoms with Gasteiger partial charge in [0.25, 0.3) is 5.91 Å². The van der Waals surface area contributed by atoms with Crippen LogP contribution in [0.25, 0.3) is 6.08 Å². The third-order valence-corrected chi connectivity index (χ3v) is 3.10. The highest BCUT2D eigenvalue weighted by molar-refractivity contribution is 6.13. The first-order valence-electron chi connectivity index (χ1n) is 5.98. The van der Waals surface area contributed by atoms with Crippen LogP contribution in [0.1, 0.15) is 12.5 Å². The lowest BCUT2D eigenvalue weighted by molar-refractivity contribution is -0.121. The second-order valence-corrected chi connectivity index (χ2v) is 4.33. The van der Waals surface area contributed by atoms with Crippen molar-refractivity contribution in [1.82, 2.24) is 4.90 Å². The smallest absolute Gasteiger partial charge is 0.277 e. The number of rotatable bonds is 3. The maximum atomic E-state index is 11.9. The molecule has 0 aliphatic carbocycles. The van der Waals surface area contributed by atoms with E-state index in [2.05, 4.69) is 4.99 Å². The van der Waals surface area contributed by atoms with Gasteiger partial charge in [0.15, 0.2) is 11.5 Å². The van der Waals surface area contributed by atoms with Crippen LogP contribution in [0.2, 0.25) is 0 Å². The fourth-order valence-corrected chi connectivity index (χ4v) is 1.86. The van der Waals surface area contributed by atoms with Crippen LogP contribution >= 0.6 is 0 Å². The number of amidine groups is 1. The van der Waals surface area contributed by atoms with Crippen LogP contribution in [0.3, 0.4) is 0 Å². The fourth-order valence-electron chi connectivity index (χ4n) is 1.86. The summed E-state index contributed by atoms with van der Waals surface area (Å²) in [6, 6.07) is 3.22. The third-order valence-electron chi connectivity index (χ3n) is 3.10. The molecule has 1 heterocycles. The van der Waals surface area contributed by atoms with Gasteiger partial charge < -0.3 is 14.6 Å². The molecule has 0 atom stereocenters. The van der Waals surface area contributed by atoms with Crippen molar-refractivity contribution in [3.05, 3.63) is 23.4 Å². The Kier molecular flexibility index (Phi) is 3.65. The first kappa shape index (κ1) is 13.9. The lowest BCUT2D eigenvalue weighted by atomic mass is 10.1. The molecule has 1 N–H and O–H groups in total. The monoisotopic (exact) mass is 276 g/mol. The maximum absolute atomic E-state index is 11.9. The summed E-state index contributed by atoms with van der Waals surface area (Å²) >= 11 is 0. The van der Waals surface area contributed by atoms with Crippen LogP contribution < -0.4 is 9.47 Å². The molecule has 2 rings (SSSR count). The highest BCUT2D eigenvalue weighted by Crippen LogP contribution is 2.37. The number of amides is 1. The number of carbonyl (C=O) groups excluding carboxylic acids is 1. The van der Waals surface area contributed by atoms with Gasteiger partial charge in [-0.1, -0.05) is 0 Å². The van der Waals surface area contributed by atoms with Gasteiger partial charge in [0, 0.05) is 7.05 Å². The van der Waals surface area contributed by atoms with E-state index < -0.39 is 0 Å². The Bertz CT molecular complexity index is 595. The second-order valence-electron chi connectivity index (χ2n) is 4.33. The number of aliphatic imine (C=N–C) groups is 1. The summed E-state index contributed by atoms with van der Waals surface area (Å²) in [5.41, 5.74) is 0.992. The molecule has 1 aliphatic heterocycles. The summed E-state index contributed by atoms with van der Waals surface area (Å²) in [5, 5.41) is 9.84. The van der Waals surface area contributed by atoms with Crippen molar-refractivity contribution in [2.24, 2.45) is 4.99 Å². The molecule has 0 saturated heterocycles. The molecular weight excluding hydrogens is 260 g/mol. The van der Waals surface area contributed by atoms with Gasteiger partial charge in [-0.25, -0.2) is 4.99 Å². The van der Waals surface area contributed by atoms with Gasteiger partial charge in [-0.2, -0.15) is 0 Å². The van der Waals surface area contributed by atoms with E-state index in [0.717, 1.165) is 0 Å². The van der Waals surface area contributed by atoms with Gasteiger partial charge in [0.1, 0.15) is 11.5 Å². The van der Waals surface area contributed by atoms with Crippen LogP contribution in [0.15, 0.2) is 22.8 Å². The van der Waals surface area contributed by atoms with Gasteiger partial charge in [0.05, 0.1) is 14.2 Å². The summed E-state index contributed by atoms with van der Waals surface area (Å²) in [6.45, 7) is 1.76. The van der Waals surface area contributed by atoms with Crippen LogP contribution in [0, 0.1) is 0 Å². The van der Waals surface area contributed by atoms with Gasteiger partial charge in [-0.15, -0.1) is 0 Å². The second kappa shape index (κ2) is 5.24. The lowest BCUT2D eigenvalue weighted by Gasteiger charge is -2.09. The van der Waals surface area contributed by atoms with Crippen molar-refractivity contribution in [2.75, 3.05) is 21.3 Å². The molecular formula is C14H16N2O4. The molecule has 6 heteroatoms. The summed E-state index contributed by atoms with van der Waals surface area (Å²) < 4.78 is 10.1. The summed E-state index contributed by atoms with van der Waals surface area (Å²) in [5.74, 6) is 0.936. The minimum absolute atomic E-state index is 0.0771. The van der Waals surface area contributed by atoms with E-state index in [1.165, 1.54) is 19.1 Å². The number of nitrogens with zero attached hydrogens (tertiary/aromatic N) is 2. The standard InChI is InChI=1S/C14H16N2O4/c1-8-15-10(14(18)16(8)2)5-9-6-11(19-3)13(17)12(7-9)20-4/h5-7,17H,1-4H3. The number of carbonyl (C=O) groups is 1. The summed E-state index contributed by atoms with van der Waals surface area (Å²) in [6.07, 6.45) is 1.62. The van der Waals surface area contributed by atoms with Gasteiger partial charge in [-0.3, -0.25) is 9.69 Å². The molecule has 0 fully saturated rings. The first-order valence-corrected chi connectivity index (χ1v) is 5.98. The van der Waals surface area contributed by atoms with Gasteiger partial charge in [0.2, 0.25) is 5.75 Å². The largest absolute Gasteiger partial charge is 0.502 e. The number of phenolic OH excluding ortho intramolecular Hbond substituents is 1. The first-order chi connectivity index (χ1) is 9.47. The molecule has 0 bridgehead atoms. The average Bonchev–Trinajstić information content (AvgIpc) is 2.68. The molecule has 0 unspecified atom stereocenters. The molecule has 0 spiro atoms. The van der Waals surface area contributed by atoms with E-state index in [4.69, 9.17) is 9.47 Å². The van der Waals surface area contributed by atoms with E-state index in [9.17, 15) is 9.90 Å². The minimum atomic E-state index is -0.173. The zero-order valence-electron chi connectivity index (χ0n) is 11.8. The number of hydrogen-bond acceptors (Lipinski definition) is 5. The number of ether oxygens (including phenoxy) is 2. The zero-order valence-corrected chi connectivity index (χ0v) is 11.8. The van der Waals surface area contributed by atoms with E-state index in [1.54, 1.807) is 32.2 Å². The molecule has 0 radical (unpaired) electrons. The van der Waals surface area contributed by atoms with E-state index >= 15 is 0 Å². The molecule has 0 aromatic heterocycles. The number of hydrogen-bond donors (Lipinski definition) is 1. The highest BCUT2D eigenvalue weighted by atomic mass is 16.5. The predicted molar refractivity (Wildman–Crippen MR) is 75.1 cm³/mol. The Morgan fingerprint density at radius 1 is 1.25 bits per heavy atom. The molecule has 106 valence electrons. The number of aromatic hydroxyl groups is 1. The van der Waals surface area contributed by atoms with Crippen molar-refractivity contribution >= 4 is 17.8 Å². The molecule has 20 heavy (non-hydrogen) atoms. The number of likely N-dealkylation sites (N-methyl/N-ethyl adjacent to an activating group) is 1. The predicted octanol–water partition coefficient (Wildman–Crippen LogP) is 1.64. The third kappa shape index (κ3) is 2.32. The minimum Gasteiger partial charge on any atom is -0.502 e. The average molecular weight is 276 g/mol. The van der Waals surface area contributed by atoms with E-state index in [0.29, 0.717) is 17.1 Å². The van der Waals surface area contributed by atoms with Crippen molar-refractivity contribution in [3.8, 4) is 17.2 Å².